The molecule has 0 saturated carbocycles. The Kier molecular flexibility index (Phi) is 7.25. The van der Waals surface area contributed by atoms with E-state index in [2.05, 4.69) is 17.0 Å². The molecule has 0 aromatic heterocycles. The molecule has 0 bridgehead atoms. The van der Waals surface area contributed by atoms with Gasteiger partial charge in [-0.25, -0.2) is 4.79 Å². The molecule has 0 aliphatic heterocycles. The van der Waals surface area contributed by atoms with Gasteiger partial charge in [0, 0.05) is 5.56 Å². The number of esters is 1. The van der Waals surface area contributed by atoms with E-state index in [1.807, 2.05) is 0 Å². The summed E-state index contributed by atoms with van der Waals surface area (Å²) in [7, 11) is 1.17. The molecule has 2 N–H and O–H groups in total. The van der Waals surface area contributed by atoms with Gasteiger partial charge in [-0.3, -0.25) is 4.79 Å². The van der Waals surface area contributed by atoms with Crippen molar-refractivity contribution in [3.63, 3.8) is 0 Å². The molecule has 1 rings (SSSR count). The third-order valence-electron chi connectivity index (χ3n) is 2.81. The van der Waals surface area contributed by atoms with Crippen LogP contribution in [0.25, 0.3) is 0 Å². The van der Waals surface area contributed by atoms with Gasteiger partial charge in [-0.1, -0.05) is 13.3 Å². The lowest BCUT2D eigenvalue weighted by molar-refractivity contribution is -0.149. The normalized spacial score (nSPS) is 11.6. The number of aliphatic hydroxyl groups is 1. The molecule has 1 aromatic carbocycles. The molecule has 116 valence electrons. The Morgan fingerprint density at radius 1 is 1.29 bits per heavy atom. The zero-order valence-electron chi connectivity index (χ0n) is 12.3. The maximum atomic E-state index is 11.8. The zero-order chi connectivity index (χ0) is 15.7. The summed E-state index contributed by atoms with van der Waals surface area (Å²) in [4.78, 5) is 22.8. The van der Waals surface area contributed by atoms with Crippen LogP contribution in [-0.4, -0.2) is 43.3 Å². The van der Waals surface area contributed by atoms with Crippen LogP contribution in [0.1, 0.15) is 30.1 Å². The number of carbonyl (C=O) groups excluding carboxylic acids is 2. The number of aliphatic hydroxyl groups excluding tert-OH is 1. The largest absolute Gasteiger partial charge is 0.494 e. The van der Waals surface area contributed by atoms with E-state index in [1.165, 1.54) is 7.11 Å². The number of nitrogens with one attached hydrogen (secondary N) is 1. The van der Waals surface area contributed by atoms with Crippen LogP contribution in [-0.2, 0) is 9.53 Å². The average Bonchev–Trinajstić information content (AvgIpc) is 2.52. The number of benzene rings is 1. The summed E-state index contributed by atoms with van der Waals surface area (Å²) in [6.07, 6.45) is 0.673. The number of amides is 1. The van der Waals surface area contributed by atoms with E-state index in [4.69, 9.17) is 4.74 Å². The predicted octanol–water partition coefficient (Wildman–Crippen LogP) is 1.13. The van der Waals surface area contributed by atoms with Crippen LogP contribution in [0.15, 0.2) is 24.3 Å². The number of carbonyl (C=O) groups is 2. The Morgan fingerprint density at radius 3 is 2.52 bits per heavy atom. The zero-order valence-corrected chi connectivity index (χ0v) is 12.3. The number of hydrogen-bond acceptors (Lipinski definition) is 5. The summed E-state index contributed by atoms with van der Waals surface area (Å²) in [6.45, 7) is 2.53. The first-order valence-electron chi connectivity index (χ1n) is 6.85. The average molecular weight is 295 g/mol. The molecule has 1 amide bonds. The maximum absolute atomic E-state index is 11.8. The van der Waals surface area contributed by atoms with Crippen molar-refractivity contribution < 1.29 is 24.2 Å². The van der Waals surface area contributed by atoms with E-state index in [9.17, 15) is 14.7 Å². The molecule has 1 unspecified atom stereocenters. The van der Waals surface area contributed by atoms with Crippen LogP contribution >= 0.6 is 0 Å². The third kappa shape index (κ3) is 5.83. The number of hydrogen-bond donors (Lipinski definition) is 2. The Bertz CT molecular complexity index is 458. The highest BCUT2D eigenvalue weighted by atomic mass is 16.5. The van der Waals surface area contributed by atoms with E-state index in [1.54, 1.807) is 24.3 Å². The number of methoxy groups -OCH3 is 1. The fourth-order valence-electron chi connectivity index (χ4n) is 1.55. The van der Waals surface area contributed by atoms with E-state index >= 15 is 0 Å². The van der Waals surface area contributed by atoms with Crippen molar-refractivity contribution in [3.05, 3.63) is 29.8 Å². The first kappa shape index (κ1) is 17.0. The van der Waals surface area contributed by atoms with Crippen molar-refractivity contribution >= 4 is 11.9 Å². The van der Waals surface area contributed by atoms with E-state index < -0.39 is 12.1 Å². The van der Waals surface area contributed by atoms with Gasteiger partial charge in [0.05, 0.1) is 20.3 Å². The summed E-state index contributed by atoms with van der Waals surface area (Å²) < 4.78 is 9.85. The van der Waals surface area contributed by atoms with Crippen LogP contribution in [0.2, 0.25) is 0 Å². The summed E-state index contributed by atoms with van der Waals surface area (Å²) in [6, 6.07) is 6.67. The van der Waals surface area contributed by atoms with Crippen molar-refractivity contribution in [3.8, 4) is 5.75 Å². The van der Waals surface area contributed by atoms with Gasteiger partial charge in [-0.05, 0) is 30.7 Å². The molecule has 0 spiro atoms. The minimum absolute atomic E-state index is 0.194. The first-order chi connectivity index (χ1) is 10.1. The number of rotatable bonds is 8. The van der Waals surface area contributed by atoms with Gasteiger partial charge in [0.1, 0.15) is 5.75 Å². The van der Waals surface area contributed by atoms with Crippen LogP contribution in [0.3, 0.4) is 0 Å². The minimum Gasteiger partial charge on any atom is -0.494 e. The maximum Gasteiger partial charge on any atom is 0.336 e. The van der Waals surface area contributed by atoms with Gasteiger partial charge in [-0.15, -0.1) is 0 Å². The molecule has 0 fully saturated rings. The number of ether oxygens (including phenoxy) is 2. The molecule has 6 heteroatoms. The van der Waals surface area contributed by atoms with Gasteiger partial charge >= 0.3 is 5.97 Å². The van der Waals surface area contributed by atoms with E-state index in [0.717, 1.165) is 12.8 Å². The van der Waals surface area contributed by atoms with Gasteiger partial charge in [0.15, 0.2) is 6.10 Å². The summed E-state index contributed by atoms with van der Waals surface area (Å²) >= 11 is 0. The smallest absolute Gasteiger partial charge is 0.336 e. The molecule has 0 radical (unpaired) electrons. The van der Waals surface area contributed by atoms with Crippen LogP contribution in [0, 0.1) is 0 Å². The molecule has 0 saturated heterocycles. The molecular weight excluding hydrogens is 274 g/mol. The standard InChI is InChI=1S/C15H21NO5/c1-3-4-9-21-12-7-5-11(6-8-12)14(18)16-10-13(17)15(19)20-2/h5-8,13,17H,3-4,9-10H2,1-2H3,(H,16,18). The van der Waals surface area contributed by atoms with Gasteiger partial charge < -0.3 is 19.9 Å². The Morgan fingerprint density at radius 2 is 1.95 bits per heavy atom. The molecule has 1 aromatic rings. The molecule has 1 atom stereocenters. The highest BCUT2D eigenvalue weighted by Gasteiger charge is 2.16. The monoisotopic (exact) mass is 295 g/mol. The van der Waals surface area contributed by atoms with Crippen LogP contribution < -0.4 is 10.1 Å². The second kappa shape index (κ2) is 8.97. The number of unbranched alkanes of at least 4 members (excludes halogenated alkanes) is 1. The fourth-order valence-corrected chi connectivity index (χ4v) is 1.55. The van der Waals surface area contributed by atoms with Crippen LogP contribution in [0.5, 0.6) is 5.75 Å². The van der Waals surface area contributed by atoms with Crippen molar-refractivity contribution in [2.45, 2.75) is 25.9 Å². The lowest BCUT2D eigenvalue weighted by Gasteiger charge is -2.10. The highest BCUT2D eigenvalue weighted by molar-refractivity contribution is 5.94. The molecular formula is C15H21NO5. The lowest BCUT2D eigenvalue weighted by Crippen LogP contribution is -2.37. The SMILES string of the molecule is CCCCOc1ccc(C(=O)NCC(O)C(=O)OC)cc1. The van der Waals surface area contributed by atoms with E-state index in [-0.39, 0.29) is 12.5 Å². The van der Waals surface area contributed by atoms with Crippen molar-refractivity contribution in [2.24, 2.45) is 0 Å². The highest BCUT2D eigenvalue weighted by Crippen LogP contribution is 2.12. The molecule has 21 heavy (non-hydrogen) atoms. The summed E-state index contributed by atoms with van der Waals surface area (Å²) in [5.74, 6) is -0.456. The Labute approximate surface area is 124 Å². The topological polar surface area (TPSA) is 84.9 Å². The van der Waals surface area contributed by atoms with Gasteiger partial charge in [0.2, 0.25) is 0 Å². The quantitative estimate of drug-likeness (QED) is 0.555. The predicted molar refractivity (Wildman–Crippen MR) is 77.2 cm³/mol. The van der Waals surface area contributed by atoms with Gasteiger partial charge in [0.25, 0.3) is 5.91 Å². The van der Waals surface area contributed by atoms with Crippen molar-refractivity contribution in [1.82, 2.24) is 5.32 Å². The molecule has 0 aliphatic carbocycles. The lowest BCUT2D eigenvalue weighted by atomic mass is 10.2. The minimum atomic E-state index is -1.37. The molecule has 0 aliphatic rings. The first-order valence-corrected chi connectivity index (χ1v) is 6.85. The van der Waals surface area contributed by atoms with Gasteiger partial charge in [-0.2, -0.15) is 0 Å². The second-order valence-electron chi connectivity index (χ2n) is 4.48. The van der Waals surface area contributed by atoms with Crippen molar-refractivity contribution in [1.29, 1.82) is 0 Å². The van der Waals surface area contributed by atoms with Crippen molar-refractivity contribution in [2.75, 3.05) is 20.3 Å². The molecule has 0 heterocycles. The Balaban J connectivity index is 2.46. The Hall–Kier alpha value is -2.08. The second-order valence-corrected chi connectivity index (χ2v) is 4.48. The third-order valence-corrected chi connectivity index (χ3v) is 2.81. The van der Waals surface area contributed by atoms with Crippen LogP contribution in [0.4, 0.5) is 0 Å². The molecule has 6 nitrogen and oxygen atoms in total. The van der Waals surface area contributed by atoms with E-state index in [0.29, 0.717) is 17.9 Å². The summed E-state index contributed by atoms with van der Waals surface area (Å²) in [5.41, 5.74) is 0.426. The fraction of sp³-hybridized carbons (Fsp3) is 0.467. The summed E-state index contributed by atoms with van der Waals surface area (Å²) in [5, 5.41) is 11.8.